The number of likely N-dealkylation sites (N-methyl/N-ethyl adjacent to an activating group) is 2. The van der Waals surface area contributed by atoms with Crippen molar-refractivity contribution in [2.45, 2.75) is 48.5 Å². The van der Waals surface area contributed by atoms with Gasteiger partial charge in [0.05, 0.1) is 0 Å². The van der Waals surface area contributed by atoms with Gasteiger partial charge < -0.3 is 89.6 Å². The summed E-state index contributed by atoms with van der Waals surface area (Å²) in [5, 5.41) is 14.3. The number of aromatic nitrogens is 9. The Hall–Kier alpha value is -12.5. The van der Waals surface area contributed by atoms with Gasteiger partial charge in [-0.15, -0.1) is 0 Å². The van der Waals surface area contributed by atoms with Gasteiger partial charge >= 0.3 is 0 Å². The molecule has 7 N–H and O–H groups in total. The van der Waals surface area contributed by atoms with E-state index in [-0.39, 0.29) is 86.8 Å². The molecule has 3 saturated heterocycles. The van der Waals surface area contributed by atoms with E-state index < -0.39 is 17.5 Å². The van der Waals surface area contributed by atoms with Crippen LogP contribution >= 0.6 is 0 Å². The number of fused-ring (bicyclic) bond motifs is 3. The van der Waals surface area contributed by atoms with Crippen molar-refractivity contribution in [1.29, 1.82) is 0 Å². The first kappa shape index (κ1) is 79.5. The smallest absolute Gasteiger partial charge is 0.262 e. The van der Waals surface area contributed by atoms with Crippen molar-refractivity contribution in [1.82, 2.24) is 74.7 Å². The molecule has 594 valence electrons. The van der Waals surface area contributed by atoms with Crippen LogP contribution in [0.3, 0.4) is 0 Å². The van der Waals surface area contributed by atoms with E-state index in [1.54, 1.807) is 57.5 Å². The van der Waals surface area contributed by atoms with E-state index in [4.69, 9.17) is 14.2 Å². The van der Waals surface area contributed by atoms with Crippen molar-refractivity contribution in [2.75, 3.05) is 164 Å². The molecular formula is C84H96F3N21O6. The van der Waals surface area contributed by atoms with E-state index in [0.717, 1.165) is 136 Å². The molecule has 0 bridgehead atoms. The summed E-state index contributed by atoms with van der Waals surface area (Å²) in [5.41, 5.74) is 10.6. The Labute approximate surface area is 659 Å². The molecule has 6 aromatic carbocycles. The van der Waals surface area contributed by atoms with Gasteiger partial charge in [0, 0.05) is 203 Å². The number of nitrogens with one attached hydrogen (secondary N) is 7. The first-order valence-corrected chi connectivity index (χ1v) is 38.3. The monoisotopic (exact) mass is 1550 g/mol. The van der Waals surface area contributed by atoms with Crippen LogP contribution < -0.4 is 50.2 Å². The van der Waals surface area contributed by atoms with Crippen LogP contribution in [-0.2, 0) is 0 Å². The molecule has 3 aliphatic heterocycles. The Morgan fingerprint density at radius 2 is 0.711 bits per heavy atom. The number of aryl methyl sites for hydroxylation is 3. The maximum Gasteiger partial charge on any atom is 0.262 e. The lowest BCUT2D eigenvalue weighted by Gasteiger charge is -2.35. The van der Waals surface area contributed by atoms with Gasteiger partial charge in [-0.2, -0.15) is 0 Å². The summed E-state index contributed by atoms with van der Waals surface area (Å²) in [6.07, 6.45) is 3.90. The molecule has 12 aromatic rings. The lowest BCUT2D eigenvalue weighted by Crippen LogP contribution is -2.46. The maximum atomic E-state index is 15.3. The fraction of sp³-hybridized carbons (Fsp3) is 0.321. The number of amides is 3. The second-order valence-electron chi connectivity index (χ2n) is 28.3. The zero-order valence-electron chi connectivity index (χ0n) is 66.0. The van der Waals surface area contributed by atoms with Crippen molar-refractivity contribution < 1.29 is 41.8 Å². The SMILES string of the molecule is CCN(C)C(=O)c1c(Nc2ccc(N3CCN(C)CC3)cc2)ncnc1Oc1ccc2[nH]c(C)cc2c1F.CCN(C)C(=O)c1c(Nc2ccc(N3CCNCC3)cc2)ncnc1Oc1ccc2[nH]c(C)cc2c1F.CCN1CCN(c2ccc(Nc3ncnc(Oc4ccc5[nH]c(C)cc5c4F)c3C(=O)N(C)CC)cc2)CC1. The number of piperazine rings is 3. The van der Waals surface area contributed by atoms with Gasteiger partial charge in [0.1, 0.15) is 35.7 Å². The fourth-order valence-electron chi connectivity index (χ4n) is 13.6. The zero-order chi connectivity index (χ0) is 80.3. The number of H-pyrrole nitrogens is 3. The molecule has 30 heteroatoms. The Balaban J connectivity index is 0.000000149. The van der Waals surface area contributed by atoms with Crippen LogP contribution in [0.1, 0.15) is 75.9 Å². The summed E-state index contributed by atoms with van der Waals surface area (Å²) in [7, 11) is 7.18. The van der Waals surface area contributed by atoms with Gasteiger partial charge in [0.25, 0.3) is 17.7 Å². The molecule has 27 nitrogen and oxygen atoms in total. The quantitative estimate of drug-likeness (QED) is 0.0332. The van der Waals surface area contributed by atoms with Gasteiger partial charge in [0.15, 0.2) is 52.2 Å². The molecule has 9 heterocycles. The fourth-order valence-corrected chi connectivity index (χ4v) is 13.6. The van der Waals surface area contributed by atoms with Gasteiger partial charge in [0.2, 0.25) is 17.6 Å². The first-order valence-electron chi connectivity index (χ1n) is 38.3. The highest BCUT2D eigenvalue weighted by molar-refractivity contribution is 6.03. The summed E-state index contributed by atoms with van der Waals surface area (Å²) in [4.78, 5) is 91.6. The standard InChI is InChI=1S/C29H34FN7O2.C28H32FN7O2.C27H30FN7O2/c1-5-35(4)29(38)25-27(34-20-7-9-21(10-8-20)37-15-13-36(6-2)14-16-37)31-18-32-28(25)39-24-12-11-23-22(26(24)30)17-19(3)33-23;1-5-35(4)28(37)24-26(33-19-6-8-20(9-7-19)36-14-12-34(3)13-15-36)30-17-31-27(24)38-23-11-10-22-21(25(23)29)16-18(2)32-22;1-4-34(3)27(36)23-25(33-18-5-7-19(8-6-18)35-13-11-29-12-14-35)30-16-31-26(23)37-22-10-9-21-20(24(22)28)15-17(2)32-21/h7-12,17-18,33H,5-6,13-16H2,1-4H3,(H,31,32,34);6-11,16-17,32H,5,12-15H2,1-4H3,(H,30,31,33);5-10,15-16,29,32H,4,11-14H2,1-3H3,(H,30,31,33). The third-order valence-electron chi connectivity index (χ3n) is 20.6. The number of carbonyl (C=O) groups is 3. The normalized spacial score (nSPS) is 13.9. The molecule has 0 atom stereocenters. The van der Waals surface area contributed by atoms with Crippen molar-refractivity contribution in [3.8, 4) is 34.9 Å². The molecule has 3 fully saturated rings. The van der Waals surface area contributed by atoms with Crippen molar-refractivity contribution >= 4 is 102 Å². The number of nitrogens with zero attached hydrogens (tertiary/aromatic N) is 14. The lowest BCUT2D eigenvalue weighted by molar-refractivity contribution is 0.0791. The molecule has 0 spiro atoms. The molecule has 6 aromatic heterocycles. The van der Waals surface area contributed by atoms with E-state index in [2.05, 4.69) is 129 Å². The summed E-state index contributed by atoms with van der Waals surface area (Å²) in [6, 6.07) is 39.0. The van der Waals surface area contributed by atoms with Crippen LogP contribution in [0.2, 0.25) is 0 Å². The molecule has 3 aliphatic rings. The Morgan fingerprint density at radius 3 is 1.01 bits per heavy atom. The third-order valence-corrected chi connectivity index (χ3v) is 20.6. The highest BCUT2D eigenvalue weighted by atomic mass is 19.1. The van der Waals surface area contributed by atoms with E-state index >= 15 is 13.2 Å². The minimum Gasteiger partial charge on any atom is -0.435 e. The molecule has 0 unspecified atom stereocenters. The van der Waals surface area contributed by atoms with E-state index in [9.17, 15) is 14.4 Å². The van der Waals surface area contributed by atoms with Gasteiger partial charge in [-0.25, -0.2) is 43.1 Å². The topological polar surface area (TPSA) is 278 Å². The minimum atomic E-state index is -0.527. The number of rotatable bonds is 22. The first-order chi connectivity index (χ1) is 55.1. The molecule has 15 rings (SSSR count). The highest BCUT2D eigenvalue weighted by Crippen LogP contribution is 2.39. The summed E-state index contributed by atoms with van der Waals surface area (Å²) >= 11 is 0. The largest absolute Gasteiger partial charge is 0.435 e. The Bertz CT molecular complexity index is 5370. The number of hydrogen-bond donors (Lipinski definition) is 7. The van der Waals surface area contributed by atoms with Crippen LogP contribution in [0.25, 0.3) is 32.7 Å². The van der Waals surface area contributed by atoms with Gasteiger partial charge in [-0.3, -0.25) is 14.4 Å². The molecule has 3 amide bonds. The number of anilines is 9. The number of hydrogen-bond acceptors (Lipinski definition) is 21. The Kier molecular flexibility index (Phi) is 25.0. The number of halogens is 3. The van der Waals surface area contributed by atoms with E-state index in [1.807, 2.05) is 90.1 Å². The van der Waals surface area contributed by atoms with E-state index in [1.165, 1.54) is 51.9 Å². The zero-order valence-corrected chi connectivity index (χ0v) is 66.0. The lowest BCUT2D eigenvalue weighted by atomic mass is 10.2. The highest BCUT2D eigenvalue weighted by Gasteiger charge is 2.30. The molecule has 0 saturated carbocycles. The summed E-state index contributed by atoms with van der Waals surface area (Å²) < 4.78 is 63.6. The number of aromatic amines is 3. The average Bonchev–Trinajstić information content (AvgIpc) is 1.37. The predicted molar refractivity (Wildman–Crippen MR) is 441 cm³/mol. The molecule has 114 heavy (non-hydrogen) atoms. The summed E-state index contributed by atoms with van der Waals surface area (Å²) in [5.74, 6) is -1.86. The van der Waals surface area contributed by atoms with Crippen molar-refractivity contribution in [3.05, 3.63) is 198 Å². The number of ether oxygens (including phenoxy) is 3. The van der Waals surface area contributed by atoms with Crippen LogP contribution in [0.5, 0.6) is 34.9 Å². The number of benzene rings is 6. The van der Waals surface area contributed by atoms with Crippen LogP contribution in [0.4, 0.5) is 64.7 Å². The van der Waals surface area contributed by atoms with Crippen LogP contribution in [0.15, 0.2) is 146 Å². The molecule has 0 radical (unpaired) electrons. The van der Waals surface area contributed by atoms with Crippen molar-refractivity contribution in [3.63, 3.8) is 0 Å². The summed E-state index contributed by atoms with van der Waals surface area (Å²) in [6.45, 7) is 27.7. The average molecular weight is 1550 g/mol. The van der Waals surface area contributed by atoms with Gasteiger partial charge in [-0.1, -0.05) is 6.92 Å². The third kappa shape index (κ3) is 18.2. The second-order valence-corrected chi connectivity index (χ2v) is 28.3. The number of carbonyl (C=O) groups excluding carboxylic acids is 3. The molecule has 0 aliphatic carbocycles. The van der Waals surface area contributed by atoms with Crippen LogP contribution in [0, 0.1) is 38.2 Å². The second kappa shape index (κ2) is 35.9. The molecular weight excluding hydrogens is 1460 g/mol. The van der Waals surface area contributed by atoms with Gasteiger partial charge in [-0.05, 0) is 183 Å². The van der Waals surface area contributed by atoms with E-state index in [0.29, 0.717) is 52.3 Å². The Morgan fingerprint density at radius 1 is 0.412 bits per heavy atom. The van der Waals surface area contributed by atoms with Crippen molar-refractivity contribution in [2.24, 2.45) is 0 Å². The predicted octanol–water partition coefficient (Wildman–Crippen LogP) is 14.4. The van der Waals surface area contributed by atoms with Crippen LogP contribution in [-0.4, -0.2) is 220 Å². The maximum absolute atomic E-state index is 15.3. The minimum absolute atomic E-state index is 0.0197.